The fourth-order valence-electron chi connectivity index (χ4n) is 4.43. The van der Waals surface area contributed by atoms with Crippen molar-refractivity contribution < 1.29 is 24.0 Å². The zero-order chi connectivity index (χ0) is 25.7. The van der Waals surface area contributed by atoms with E-state index in [-0.39, 0.29) is 29.5 Å². The fourth-order valence-corrected chi connectivity index (χ4v) is 5.63. The molecule has 192 valence electrons. The molecule has 2 N–H and O–H groups in total. The molecule has 4 rings (SSSR count). The molecule has 0 radical (unpaired) electrons. The standard InChI is InChI=1S/C25H30N4O6S/c1-34-21-8-4-18(5-9-21)16-36-22-12-23(24(30)27-11-10-19(26)13-27)28(14-22)25(31)35-15-17-2-6-20(7-3-17)29(32)33/h2-9,19,22-23H,10-16,26H2,1H3/t19-,22-,23-/m0/s1. The summed E-state index contributed by atoms with van der Waals surface area (Å²) in [7, 11) is 1.63. The minimum absolute atomic E-state index is 0.0316. The van der Waals surface area contributed by atoms with Gasteiger partial charge in [0.2, 0.25) is 5.91 Å². The second-order valence-corrected chi connectivity index (χ2v) is 10.3. The van der Waals surface area contributed by atoms with E-state index in [1.807, 2.05) is 24.3 Å². The molecule has 0 aliphatic carbocycles. The minimum atomic E-state index is -0.604. The predicted octanol–water partition coefficient (Wildman–Crippen LogP) is 3.18. The highest BCUT2D eigenvalue weighted by atomic mass is 32.2. The number of amides is 2. The number of carbonyl (C=O) groups is 2. The van der Waals surface area contributed by atoms with Crippen molar-refractivity contribution in [1.82, 2.24) is 9.80 Å². The summed E-state index contributed by atoms with van der Waals surface area (Å²) in [6.07, 6.45) is 0.722. The van der Waals surface area contributed by atoms with Gasteiger partial charge in [0.15, 0.2) is 0 Å². The quantitative estimate of drug-likeness (QED) is 0.420. The van der Waals surface area contributed by atoms with Gasteiger partial charge in [0, 0.05) is 48.8 Å². The van der Waals surface area contributed by atoms with Crippen molar-refractivity contribution in [3.05, 3.63) is 69.8 Å². The molecular weight excluding hydrogens is 484 g/mol. The molecular formula is C25H30N4O6S. The van der Waals surface area contributed by atoms with E-state index in [4.69, 9.17) is 15.2 Å². The van der Waals surface area contributed by atoms with Gasteiger partial charge >= 0.3 is 6.09 Å². The highest BCUT2D eigenvalue weighted by Crippen LogP contribution is 2.32. The van der Waals surface area contributed by atoms with Gasteiger partial charge in [0.05, 0.1) is 12.0 Å². The maximum Gasteiger partial charge on any atom is 0.410 e. The van der Waals surface area contributed by atoms with Crippen LogP contribution in [0.1, 0.15) is 24.0 Å². The molecule has 36 heavy (non-hydrogen) atoms. The van der Waals surface area contributed by atoms with Gasteiger partial charge in [-0.1, -0.05) is 12.1 Å². The van der Waals surface area contributed by atoms with Gasteiger partial charge in [-0.05, 0) is 48.2 Å². The first-order valence-corrected chi connectivity index (χ1v) is 12.8. The molecule has 2 aliphatic heterocycles. The zero-order valence-electron chi connectivity index (χ0n) is 20.1. The van der Waals surface area contributed by atoms with Crippen molar-refractivity contribution in [2.24, 2.45) is 5.73 Å². The lowest BCUT2D eigenvalue weighted by atomic mass is 10.2. The first kappa shape index (κ1) is 25.8. The summed E-state index contributed by atoms with van der Waals surface area (Å²) in [6.45, 7) is 1.44. The number of likely N-dealkylation sites (tertiary alicyclic amines) is 2. The lowest BCUT2D eigenvalue weighted by Gasteiger charge is -2.27. The third-order valence-corrected chi connectivity index (χ3v) is 7.79. The van der Waals surface area contributed by atoms with Crippen molar-refractivity contribution >= 4 is 29.4 Å². The number of nitrogens with zero attached hydrogens (tertiary/aromatic N) is 3. The number of hydrogen-bond donors (Lipinski definition) is 1. The number of nitro groups is 1. The van der Waals surface area contributed by atoms with E-state index < -0.39 is 17.1 Å². The van der Waals surface area contributed by atoms with E-state index in [2.05, 4.69) is 0 Å². The third kappa shape index (κ3) is 6.27. The second-order valence-electron chi connectivity index (χ2n) is 9.00. The zero-order valence-corrected chi connectivity index (χ0v) is 20.9. The molecule has 2 aromatic carbocycles. The van der Waals surface area contributed by atoms with Gasteiger partial charge < -0.3 is 20.1 Å². The molecule has 0 aromatic heterocycles. The Morgan fingerprint density at radius 3 is 2.42 bits per heavy atom. The van der Waals surface area contributed by atoms with Crippen LogP contribution in [0.25, 0.3) is 0 Å². The van der Waals surface area contributed by atoms with Gasteiger partial charge in [-0.3, -0.25) is 19.8 Å². The number of ether oxygens (including phenoxy) is 2. The van der Waals surface area contributed by atoms with Crippen LogP contribution in [0.5, 0.6) is 5.75 Å². The number of hydrogen-bond acceptors (Lipinski definition) is 8. The minimum Gasteiger partial charge on any atom is -0.497 e. The number of carbonyl (C=O) groups excluding carboxylic acids is 2. The molecule has 0 spiro atoms. The molecule has 2 amide bonds. The number of benzene rings is 2. The Bertz CT molecular complexity index is 1080. The van der Waals surface area contributed by atoms with Crippen LogP contribution in [0.3, 0.4) is 0 Å². The van der Waals surface area contributed by atoms with Gasteiger partial charge in [-0.15, -0.1) is 0 Å². The summed E-state index contributed by atoms with van der Waals surface area (Å²) in [5.41, 5.74) is 7.74. The van der Waals surface area contributed by atoms with Crippen molar-refractivity contribution in [3.63, 3.8) is 0 Å². The Morgan fingerprint density at radius 2 is 1.81 bits per heavy atom. The molecule has 0 bridgehead atoms. The molecule has 0 unspecified atom stereocenters. The Balaban J connectivity index is 1.40. The van der Waals surface area contributed by atoms with Crippen LogP contribution < -0.4 is 10.5 Å². The highest BCUT2D eigenvalue weighted by molar-refractivity contribution is 7.99. The lowest BCUT2D eigenvalue weighted by molar-refractivity contribution is -0.384. The monoisotopic (exact) mass is 514 g/mol. The van der Waals surface area contributed by atoms with Crippen LogP contribution >= 0.6 is 11.8 Å². The summed E-state index contributed by atoms with van der Waals surface area (Å²) < 4.78 is 10.7. The summed E-state index contributed by atoms with van der Waals surface area (Å²) in [6, 6.07) is 13.0. The molecule has 2 aromatic rings. The highest BCUT2D eigenvalue weighted by Gasteiger charge is 2.43. The van der Waals surface area contributed by atoms with E-state index in [1.165, 1.54) is 17.0 Å². The maximum atomic E-state index is 13.3. The van der Waals surface area contributed by atoms with E-state index in [1.54, 1.807) is 35.9 Å². The number of thioether (sulfide) groups is 1. The largest absolute Gasteiger partial charge is 0.497 e. The average molecular weight is 515 g/mol. The molecule has 0 saturated carbocycles. The first-order valence-electron chi connectivity index (χ1n) is 11.8. The summed E-state index contributed by atoms with van der Waals surface area (Å²) in [5.74, 6) is 1.44. The molecule has 10 nitrogen and oxygen atoms in total. The Labute approximate surface area is 213 Å². The lowest BCUT2D eigenvalue weighted by Crippen LogP contribution is -2.47. The van der Waals surface area contributed by atoms with Crippen molar-refractivity contribution in [2.45, 2.75) is 42.5 Å². The van der Waals surface area contributed by atoms with Crippen molar-refractivity contribution in [1.29, 1.82) is 0 Å². The normalized spacial score (nSPS) is 21.4. The Kier molecular flexibility index (Phi) is 8.32. The Morgan fingerprint density at radius 1 is 1.11 bits per heavy atom. The van der Waals surface area contributed by atoms with Crippen LogP contribution in [-0.2, 0) is 21.9 Å². The van der Waals surface area contributed by atoms with E-state index >= 15 is 0 Å². The second kappa shape index (κ2) is 11.6. The smallest absolute Gasteiger partial charge is 0.410 e. The summed E-state index contributed by atoms with van der Waals surface area (Å²) >= 11 is 1.71. The van der Waals surface area contributed by atoms with Crippen LogP contribution in [0, 0.1) is 10.1 Å². The van der Waals surface area contributed by atoms with Crippen LogP contribution in [0.15, 0.2) is 48.5 Å². The summed E-state index contributed by atoms with van der Waals surface area (Å²) in [5, 5.41) is 10.9. The summed E-state index contributed by atoms with van der Waals surface area (Å²) in [4.78, 5) is 40.0. The number of nitrogens with two attached hydrogens (primary N) is 1. The Hall–Kier alpha value is -3.31. The number of non-ortho nitro benzene ring substituents is 1. The van der Waals surface area contributed by atoms with Gasteiger partial charge in [0.25, 0.3) is 5.69 Å². The number of nitro benzene ring substituents is 1. The van der Waals surface area contributed by atoms with Gasteiger partial charge in [0.1, 0.15) is 18.4 Å². The molecule has 2 heterocycles. The molecule has 11 heteroatoms. The van der Waals surface area contributed by atoms with Gasteiger partial charge in [-0.25, -0.2) is 4.79 Å². The average Bonchev–Trinajstić information content (AvgIpc) is 3.52. The molecule has 2 aliphatic rings. The molecule has 2 saturated heterocycles. The predicted molar refractivity (Wildman–Crippen MR) is 136 cm³/mol. The number of methoxy groups -OCH3 is 1. The topological polar surface area (TPSA) is 128 Å². The number of rotatable bonds is 8. The maximum absolute atomic E-state index is 13.3. The van der Waals surface area contributed by atoms with E-state index in [9.17, 15) is 19.7 Å². The molecule has 3 atom stereocenters. The van der Waals surface area contributed by atoms with E-state index in [0.29, 0.717) is 31.6 Å². The van der Waals surface area contributed by atoms with Crippen molar-refractivity contribution in [3.8, 4) is 5.75 Å². The third-order valence-electron chi connectivity index (χ3n) is 6.47. The van der Waals surface area contributed by atoms with Crippen LogP contribution in [-0.4, -0.2) is 70.8 Å². The fraction of sp³-hybridized carbons (Fsp3) is 0.440. The van der Waals surface area contributed by atoms with Crippen LogP contribution in [0.2, 0.25) is 0 Å². The van der Waals surface area contributed by atoms with Crippen molar-refractivity contribution in [2.75, 3.05) is 26.7 Å². The van der Waals surface area contributed by atoms with Crippen LogP contribution in [0.4, 0.5) is 10.5 Å². The molecule has 2 fully saturated rings. The first-order chi connectivity index (χ1) is 17.3. The SMILES string of the molecule is COc1ccc(CS[C@H]2C[C@@H](C(=O)N3CC[C@H](N)C3)N(C(=O)OCc3ccc([N+](=O)[O-])cc3)C2)cc1. The van der Waals surface area contributed by atoms with Gasteiger partial charge in [-0.2, -0.15) is 11.8 Å². The van der Waals surface area contributed by atoms with E-state index in [0.717, 1.165) is 23.5 Å².